The van der Waals surface area contributed by atoms with Crippen LogP contribution in [0.4, 0.5) is 0 Å². The maximum atomic E-state index is 3.58. The minimum absolute atomic E-state index is 1.39. The average molecular weight is 221 g/mol. The lowest BCUT2D eigenvalue weighted by Crippen LogP contribution is -1.98. The first-order valence-corrected chi connectivity index (χ1v) is 5.40. The first-order chi connectivity index (χ1) is 7.40. The van der Waals surface area contributed by atoms with Crippen molar-refractivity contribution in [3.63, 3.8) is 0 Å². The number of nitrogens with zero attached hydrogens (tertiary/aromatic N) is 3. The molecule has 1 aromatic rings. The van der Waals surface area contributed by atoms with Crippen LogP contribution in [0.2, 0.25) is 0 Å². The van der Waals surface area contributed by atoms with Gasteiger partial charge in [-0.1, -0.05) is 17.4 Å². The summed E-state index contributed by atoms with van der Waals surface area (Å²) in [5, 5.41) is 8.71. The molecular weight excluding hydrogens is 198 g/mol. The van der Waals surface area contributed by atoms with Gasteiger partial charge in [-0.15, -0.1) is 0 Å². The van der Waals surface area contributed by atoms with Crippen LogP contribution in [0.1, 0.15) is 22.3 Å². The summed E-state index contributed by atoms with van der Waals surface area (Å²) in [4.78, 5) is 0. The second-order valence-corrected chi connectivity index (χ2v) is 4.09. The van der Waals surface area contributed by atoms with Crippen LogP contribution in [0.3, 0.4) is 0 Å². The maximum absolute atomic E-state index is 3.58. The predicted molar refractivity (Wildman–Crippen MR) is 69.9 cm³/mol. The van der Waals surface area contributed by atoms with Crippen LogP contribution in [-0.4, -0.2) is 26.2 Å². The van der Waals surface area contributed by atoms with Crippen LogP contribution >= 0.6 is 0 Å². The van der Waals surface area contributed by atoms with E-state index in [1.54, 1.807) is 12.1 Å². The Labute approximate surface area is 99.2 Å². The minimum Gasteiger partial charge on any atom is -0.285 e. The van der Waals surface area contributed by atoms with Gasteiger partial charge in [0.05, 0.1) is 7.05 Å². The third-order valence-electron chi connectivity index (χ3n) is 2.60. The zero-order chi connectivity index (χ0) is 12.7. The molecule has 3 heteroatoms. The quantitative estimate of drug-likeness (QED) is 0.527. The van der Waals surface area contributed by atoms with Gasteiger partial charge < -0.3 is 0 Å². The van der Waals surface area contributed by atoms with Gasteiger partial charge in [-0.3, -0.25) is 5.01 Å². The standard InChI is InChI=1S/C10H14.C3H9N3/c1-7-5-6-8(2)10(4)9(7)3;1-4-5-6(2)3/h5-6H,1-4H3;1-3H3. The van der Waals surface area contributed by atoms with Gasteiger partial charge in [-0.05, 0) is 49.9 Å². The van der Waals surface area contributed by atoms with E-state index in [1.807, 2.05) is 14.1 Å². The highest BCUT2D eigenvalue weighted by Gasteiger charge is 1.97. The Bertz CT molecular complexity index is 327. The van der Waals surface area contributed by atoms with Gasteiger partial charge >= 0.3 is 0 Å². The van der Waals surface area contributed by atoms with Crippen molar-refractivity contribution in [1.82, 2.24) is 5.01 Å². The number of benzene rings is 1. The van der Waals surface area contributed by atoms with Gasteiger partial charge in [-0.25, -0.2) is 0 Å². The molecule has 16 heavy (non-hydrogen) atoms. The van der Waals surface area contributed by atoms with Crippen molar-refractivity contribution < 1.29 is 0 Å². The topological polar surface area (TPSA) is 28.0 Å². The molecule has 1 aromatic carbocycles. The van der Waals surface area contributed by atoms with Gasteiger partial charge in [0, 0.05) is 14.1 Å². The lowest BCUT2D eigenvalue weighted by Gasteiger charge is -2.06. The third-order valence-corrected chi connectivity index (χ3v) is 2.60. The van der Waals surface area contributed by atoms with Gasteiger partial charge in [0.25, 0.3) is 0 Å². The zero-order valence-corrected chi connectivity index (χ0v) is 11.5. The van der Waals surface area contributed by atoms with Crippen LogP contribution in [0.15, 0.2) is 22.5 Å². The molecule has 0 bridgehead atoms. The van der Waals surface area contributed by atoms with E-state index >= 15 is 0 Å². The van der Waals surface area contributed by atoms with E-state index in [9.17, 15) is 0 Å². The highest BCUT2D eigenvalue weighted by atomic mass is 15.5. The molecule has 0 aliphatic heterocycles. The Hall–Kier alpha value is -1.38. The first-order valence-electron chi connectivity index (χ1n) is 5.40. The van der Waals surface area contributed by atoms with Crippen molar-refractivity contribution in [1.29, 1.82) is 0 Å². The van der Waals surface area contributed by atoms with Crippen LogP contribution in [0, 0.1) is 27.7 Å². The lowest BCUT2D eigenvalue weighted by atomic mass is 10.0. The number of aryl methyl sites for hydroxylation is 2. The molecule has 90 valence electrons. The highest BCUT2D eigenvalue weighted by molar-refractivity contribution is 5.37. The second-order valence-electron chi connectivity index (χ2n) is 4.09. The average Bonchev–Trinajstić information content (AvgIpc) is 2.22. The zero-order valence-electron chi connectivity index (χ0n) is 11.5. The van der Waals surface area contributed by atoms with Crippen molar-refractivity contribution in [2.24, 2.45) is 10.3 Å². The second kappa shape index (κ2) is 6.99. The van der Waals surface area contributed by atoms with Crippen LogP contribution in [0.5, 0.6) is 0 Å². The summed E-state index contributed by atoms with van der Waals surface area (Å²) in [6, 6.07) is 4.36. The molecule has 0 saturated carbocycles. The summed E-state index contributed by atoms with van der Waals surface area (Å²) in [6.45, 7) is 8.67. The van der Waals surface area contributed by atoms with Crippen LogP contribution in [-0.2, 0) is 0 Å². The van der Waals surface area contributed by atoms with E-state index in [0.717, 1.165) is 0 Å². The molecule has 0 unspecified atom stereocenters. The van der Waals surface area contributed by atoms with E-state index in [4.69, 9.17) is 0 Å². The molecule has 0 aliphatic rings. The smallest absolute Gasteiger partial charge is 0.0509 e. The van der Waals surface area contributed by atoms with Crippen molar-refractivity contribution in [2.45, 2.75) is 27.7 Å². The van der Waals surface area contributed by atoms with Crippen molar-refractivity contribution in [3.8, 4) is 0 Å². The summed E-state index contributed by atoms with van der Waals surface area (Å²) in [6.07, 6.45) is 0. The molecule has 0 radical (unpaired) electrons. The Morgan fingerprint density at radius 2 is 1.25 bits per heavy atom. The van der Waals surface area contributed by atoms with Crippen molar-refractivity contribution in [3.05, 3.63) is 34.4 Å². The molecule has 0 aliphatic carbocycles. The third kappa shape index (κ3) is 4.91. The SMILES string of the molecule is CN=NN(C)C.Cc1ccc(C)c(C)c1C. The number of hydrogen-bond donors (Lipinski definition) is 0. The van der Waals surface area contributed by atoms with E-state index in [-0.39, 0.29) is 0 Å². The molecule has 0 saturated heterocycles. The molecular formula is C13H23N3. The van der Waals surface area contributed by atoms with E-state index < -0.39 is 0 Å². The molecule has 0 spiro atoms. The summed E-state index contributed by atoms with van der Waals surface area (Å²) < 4.78 is 0. The van der Waals surface area contributed by atoms with Gasteiger partial charge in [0.2, 0.25) is 0 Å². The van der Waals surface area contributed by atoms with Crippen molar-refractivity contribution in [2.75, 3.05) is 21.1 Å². The summed E-state index contributed by atoms with van der Waals surface area (Å²) in [7, 11) is 5.29. The first kappa shape index (κ1) is 14.6. The Balaban J connectivity index is 0.000000325. The van der Waals surface area contributed by atoms with Gasteiger partial charge in [0.1, 0.15) is 0 Å². The normalized spacial score (nSPS) is 9.94. The van der Waals surface area contributed by atoms with Crippen molar-refractivity contribution >= 4 is 0 Å². The number of hydrogen-bond acceptors (Lipinski definition) is 2. The Kier molecular flexibility index (Phi) is 6.38. The van der Waals surface area contributed by atoms with Crippen LogP contribution in [0.25, 0.3) is 0 Å². The van der Waals surface area contributed by atoms with E-state index in [2.05, 4.69) is 50.2 Å². The molecule has 0 amide bonds. The Morgan fingerprint density at radius 3 is 1.44 bits per heavy atom. The summed E-state index contributed by atoms with van der Waals surface area (Å²) >= 11 is 0. The summed E-state index contributed by atoms with van der Waals surface area (Å²) in [5.41, 5.74) is 5.64. The molecule has 0 N–H and O–H groups in total. The summed E-state index contributed by atoms with van der Waals surface area (Å²) in [5.74, 6) is 0. The molecule has 0 atom stereocenters. The molecule has 3 nitrogen and oxygen atoms in total. The predicted octanol–water partition coefficient (Wildman–Crippen LogP) is 3.47. The minimum atomic E-state index is 1.39. The largest absolute Gasteiger partial charge is 0.285 e. The lowest BCUT2D eigenvalue weighted by molar-refractivity contribution is 0.404. The fourth-order valence-corrected chi connectivity index (χ4v) is 1.27. The highest BCUT2D eigenvalue weighted by Crippen LogP contribution is 2.15. The fraction of sp³-hybridized carbons (Fsp3) is 0.538. The molecule has 0 heterocycles. The van der Waals surface area contributed by atoms with Gasteiger partial charge in [0.15, 0.2) is 0 Å². The number of rotatable bonds is 1. The maximum Gasteiger partial charge on any atom is 0.0509 e. The van der Waals surface area contributed by atoms with Crippen LogP contribution < -0.4 is 0 Å². The monoisotopic (exact) mass is 221 g/mol. The van der Waals surface area contributed by atoms with E-state index in [0.29, 0.717) is 0 Å². The van der Waals surface area contributed by atoms with E-state index in [1.165, 1.54) is 22.3 Å². The van der Waals surface area contributed by atoms with Gasteiger partial charge in [-0.2, -0.15) is 5.11 Å². The fourth-order valence-electron chi connectivity index (χ4n) is 1.27. The Morgan fingerprint density at radius 1 is 0.875 bits per heavy atom. The molecule has 0 fully saturated rings. The molecule has 0 aromatic heterocycles. The molecule has 1 rings (SSSR count).